The number of amides is 1. The third-order valence-corrected chi connectivity index (χ3v) is 2.38. The average Bonchev–Trinajstić information content (AvgIpc) is 2.61. The zero-order valence-electron chi connectivity index (χ0n) is 9.10. The van der Waals surface area contributed by atoms with E-state index < -0.39 is 18.1 Å². The third-order valence-electron chi connectivity index (χ3n) is 2.38. The van der Waals surface area contributed by atoms with Crippen LogP contribution in [0.1, 0.15) is 26.2 Å². The summed E-state index contributed by atoms with van der Waals surface area (Å²) in [6.45, 7) is 2.22. The minimum atomic E-state index is -1.10. The van der Waals surface area contributed by atoms with Gasteiger partial charge in [-0.25, -0.2) is 4.79 Å². The predicted octanol–water partition coefficient (Wildman–Crippen LogP) is -0.167. The van der Waals surface area contributed by atoms with Gasteiger partial charge in [-0.2, -0.15) is 0 Å². The number of carboxylic acids is 1. The molecule has 0 unspecified atom stereocenters. The Morgan fingerprint density at radius 1 is 1.64 bits per heavy atom. The molecule has 0 radical (unpaired) electrons. The Morgan fingerprint density at radius 2 is 2.36 bits per heavy atom. The van der Waals surface area contributed by atoms with Crippen molar-refractivity contribution in [3.8, 4) is 0 Å². The van der Waals surface area contributed by atoms with Gasteiger partial charge in [-0.1, -0.05) is 6.92 Å². The lowest BCUT2D eigenvalue weighted by Gasteiger charge is -2.22. The molecule has 1 heterocycles. The molecule has 0 bridgehead atoms. The van der Waals surface area contributed by atoms with Gasteiger partial charge in [-0.3, -0.25) is 4.79 Å². The largest absolute Gasteiger partial charge is 0.480 e. The maximum atomic E-state index is 11.6. The number of hydrogen-bond acceptors (Lipinski definition) is 3. The summed E-state index contributed by atoms with van der Waals surface area (Å²) >= 11 is 0. The molecular formula is C9H15NO4. The molecule has 1 saturated heterocycles. The van der Waals surface area contributed by atoms with Crippen LogP contribution in [-0.4, -0.2) is 47.1 Å². The average molecular weight is 202 g/mol. The summed E-state index contributed by atoms with van der Waals surface area (Å²) in [5.74, 6) is -1.28. The van der Waals surface area contributed by atoms with Crippen LogP contribution in [0.15, 0.2) is 0 Å². The second-order valence-corrected chi connectivity index (χ2v) is 3.45. The van der Waals surface area contributed by atoms with Crippen LogP contribution < -0.4 is 0 Å². The minimum absolute atomic E-state index is 0.176. The van der Waals surface area contributed by atoms with Crippen molar-refractivity contribution >= 4 is 11.9 Å². The van der Waals surface area contributed by atoms with Crippen molar-refractivity contribution in [3.05, 3.63) is 0 Å². The topological polar surface area (TPSA) is 77.8 Å². The van der Waals surface area contributed by atoms with E-state index in [2.05, 4.69) is 5.11 Å². The van der Waals surface area contributed by atoms with Crippen LogP contribution in [0.4, 0.5) is 0 Å². The van der Waals surface area contributed by atoms with Gasteiger partial charge in [0.15, 0.2) is 6.04 Å². The summed E-state index contributed by atoms with van der Waals surface area (Å²) in [6.07, 6.45) is 0.738. The number of carbonyl (C=O) groups is 2. The molecule has 80 valence electrons. The van der Waals surface area contributed by atoms with Crippen LogP contribution in [0.5, 0.6) is 0 Å². The first kappa shape index (κ1) is 9.45. The minimum Gasteiger partial charge on any atom is -0.480 e. The van der Waals surface area contributed by atoms with Crippen molar-refractivity contribution in [2.24, 2.45) is 0 Å². The molecule has 0 aromatic carbocycles. The summed E-state index contributed by atoms with van der Waals surface area (Å²) in [5.41, 5.74) is 0. The molecule has 2 atom stereocenters. The van der Waals surface area contributed by atoms with Crippen LogP contribution in [-0.2, 0) is 9.59 Å². The number of aliphatic carboxylic acids is 1. The fourth-order valence-corrected chi connectivity index (χ4v) is 1.69. The molecule has 1 rings (SSSR count). The zero-order chi connectivity index (χ0) is 11.4. The maximum Gasteiger partial charge on any atom is 0.329 e. The van der Waals surface area contributed by atoms with Gasteiger partial charge >= 0.3 is 5.97 Å². The van der Waals surface area contributed by atoms with E-state index in [1.165, 1.54) is 4.90 Å². The van der Waals surface area contributed by atoms with E-state index in [0.29, 0.717) is 25.8 Å². The number of hydrogen-bond donors (Lipinski definition) is 2. The first-order valence-corrected chi connectivity index (χ1v) is 4.76. The quantitative estimate of drug-likeness (QED) is 0.663. The molecule has 2 N–H and O–H groups in total. The van der Waals surface area contributed by atoms with Crippen molar-refractivity contribution in [2.45, 2.75) is 38.3 Å². The number of carbonyl (C=O) groups excluding carboxylic acids is 1. The molecule has 0 saturated carbocycles. The number of likely N-dealkylation sites (tertiary alicyclic amines) is 1. The number of aliphatic hydroxyl groups is 1. The molecule has 1 aliphatic heterocycles. The molecule has 14 heavy (non-hydrogen) atoms. The highest BCUT2D eigenvalue weighted by molar-refractivity contribution is 5.84. The summed E-state index contributed by atoms with van der Waals surface area (Å²) in [7, 11) is 0. The summed E-state index contributed by atoms with van der Waals surface area (Å²) < 4.78 is 6.76. The van der Waals surface area contributed by atoms with E-state index in [1.807, 2.05) is 6.92 Å². The fourth-order valence-electron chi connectivity index (χ4n) is 1.69. The molecule has 0 spiro atoms. The van der Waals surface area contributed by atoms with Crippen LogP contribution in [0.25, 0.3) is 0 Å². The second-order valence-electron chi connectivity index (χ2n) is 3.45. The summed E-state index contributed by atoms with van der Waals surface area (Å²) in [6, 6.07) is -0.999. The molecule has 5 nitrogen and oxygen atoms in total. The number of nitrogens with zero attached hydrogens (tertiary/aromatic N) is 1. The monoisotopic (exact) mass is 202 g/mol. The Hall–Kier alpha value is -1.10. The molecular weight excluding hydrogens is 186 g/mol. The van der Waals surface area contributed by atoms with E-state index in [4.69, 9.17) is 6.54 Å². The van der Waals surface area contributed by atoms with Gasteiger partial charge < -0.3 is 15.1 Å². The van der Waals surface area contributed by atoms with Gasteiger partial charge in [0.1, 0.15) is 0 Å². The van der Waals surface area contributed by atoms with Crippen molar-refractivity contribution in [1.29, 1.82) is 1.43 Å². The first-order chi connectivity index (χ1) is 7.11. The number of rotatable bonds is 4. The van der Waals surface area contributed by atoms with E-state index in [0.717, 1.165) is 0 Å². The smallest absolute Gasteiger partial charge is 0.329 e. The van der Waals surface area contributed by atoms with Gasteiger partial charge in [-0.05, 0) is 12.8 Å². The lowest BCUT2D eigenvalue weighted by Crippen LogP contribution is -2.44. The van der Waals surface area contributed by atoms with Crippen molar-refractivity contribution in [3.63, 3.8) is 0 Å². The van der Waals surface area contributed by atoms with Gasteiger partial charge in [0.2, 0.25) is 7.34 Å². The van der Waals surface area contributed by atoms with Crippen molar-refractivity contribution in [1.82, 2.24) is 4.90 Å². The normalized spacial score (nSPS) is 27.5. The third kappa shape index (κ3) is 2.04. The molecule has 1 amide bonds. The zero-order valence-corrected chi connectivity index (χ0v) is 8.10. The van der Waals surface area contributed by atoms with Crippen LogP contribution in [0.2, 0.25) is 0 Å². The van der Waals surface area contributed by atoms with Crippen LogP contribution >= 0.6 is 0 Å². The Balaban J connectivity index is 2.72. The van der Waals surface area contributed by atoms with Crippen molar-refractivity contribution in [2.75, 3.05) is 6.54 Å². The Bertz CT molecular complexity index is 258. The SMILES string of the molecule is [2H]O[C@@H]1CCN(C(=O)CCC)[C@@H]1C(=O)O. The van der Waals surface area contributed by atoms with E-state index in [9.17, 15) is 9.59 Å². The Morgan fingerprint density at radius 3 is 2.86 bits per heavy atom. The van der Waals surface area contributed by atoms with E-state index >= 15 is 0 Å². The van der Waals surface area contributed by atoms with Crippen molar-refractivity contribution < 1.29 is 19.8 Å². The maximum absolute atomic E-state index is 11.6. The van der Waals surface area contributed by atoms with Gasteiger partial charge in [-0.15, -0.1) is 0 Å². The van der Waals surface area contributed by atoms with Crippen LogP contribution in [0, 0.1) is 0 Å². The molecule has 0 aliphatic carbocycles. The highest BCUT2D eigenvalue weighted by Crippen LogP contribution is 2.19. The highest BCUT2D eigenvalue weighted by Gasteiger charge is 2.40. The predicted molar refractivity (Wildman–Crippen MR) is 48.7 cm³/mol. The lowest BCUT2D eigenvalue weighted by atomic mass is 10.1. The molecule has 1 aliphatic rings. The van der Waals surface area contributed by atoms with Gasteiger partial charge in [0.25, 0.3) is 0 Å². The second kappa shape index (κ2) is 4.41. The molecule has 1 fully saturated rings. The Kier molecular flexibility index (Phi) is 2.98. The van der Waals surface area contributed by atoms with Gasteiger partial charge in [0.05, 0.1) is 6.10 Å². The van der Waals surface area contributed by atoms with Gasteiger partial charge in [0, 0.05) is 13.0 Å². The first-order valence-electron chi connectivity index (χ1n) is 5.16. The standard InChI is InChI=1S/C9H15NO4/c1-2-3-7(12)10-5-4-6(11)8(10)9(13)14/h6,8,11H,2-5H2,1H3,(H,13,14)/t6-,8+/m1/s1/i11D. The summed E-state index contributed by atoms with van der Waals surface area (Å²) in [5, 5.41) is 13.3. The van der Waals surface area contributed by atoms with E-state index in [-0.39, 0.29) is 5.91 Å². The summed E-state index contributed by atoms with van der Waals surface area (Å²) in [4.78, 5) is 23.8. The fraction of sp³-hybridized carbons (Fsp3) is 0.778. The molecule has 0 aromatic heterocycles. The number of carboxylic acid groups (broad SMARTS) is 1. The van der Waals surface area contributed by atoms with Crippen LogP contribution in [0.3, 0.4) is 0 Å². The molecule has 5 heteroatoms. The lowest BCUT2D eigenvalue weighted by molar-refractivity contribution is -0.151. The Labute approximate surface area is 83.8 Å². The molecule has 0 aromatic rings. The highest BCUT2D eigenvalue weighted by atomic mass is 16.4. The van der Waals surface area contributed by atoms with E-state index in [1.54, 1.807) is 0 Å². The number of aliphatic hydroxyl groups excluding tert-OH is 1.